The molecule has 0 saturated carbocycles. The zero-order valence-corrected chi connectivity index (χ0v) is 12.5. The Balaban J connectivity index is 2.23. The van der Waals surface area contributed by atoms with E-state index in [4.69, 9.17) is 0 Å². The summed E-state index contributed by atoms with van der Waals surface area (Å²) in [6.07, 6.45) is 3.31. The summed E-state index contributed by atoms with van der Waals surface area (Å²) < 4.78 is 0. The average molecular weight is 259 g/mol. The first kappa shape index (κ1) is 14.3. The third kappa shape index (κ3) is 3.24. The molecule has 1 heterocycles. The van der Waals surface area contributed by atoms with E-state index in [9.17, 15) is 4.79 Å². The van der Waals surface area contributed by atoms with Gasteiger partial charge in [0.05, 0.1) is 6.04 Å². The standard InChI is InChI=1S/C17H25NO/c1-12-11-13(17(2,3)4)8-9-14(12)16(19)15-7-5-6-10-18-15/h8-9,11,15,18H,5-7,10H2,1-4H3. The number of aryl methyl sites for hydroxylation is 1. The number of piperidine rings is 1. The maximum atomic E-state index is 12.5. The number of carbonyl (C=O) groups excluding carboxylic acids is 1. The molecule has 0 spiro atoms. The van der Waals surface area contributed by atoms with E-state index < -0.39 is 0 Å². The van der Waals surface area contributed by atoms with Gasteiger partial charge in [0.1, 0.15) is 0 Å². The Kier molecular flexibility index (Phi) is 4.10. The fourth-order valence-electron chi connectivity index (χ4n) is 2.67. The molecule has 1 atom stereocenters. The van der Waals surface area contributed by atoms with Gasteiger partial charge in [0, 0.05) is 5.56 Å². The van der Waals surface area contributed by atoms with Crippen molar-refractivity contribution < 1.29 is 4.79 Å². The molecule has 1 saturated heterocycles. The topological polar surface area (TPSA) is 29.1 Å². The van der Waals surface area contributed by atoms with Crippen LogP contribution >= 0.6 is 0 Å². The SMILES string of the molecule is Cc1cc(C(C)(C)C)ccc1C(=O)C1CCCCN1. The molecule has 19 heavy (non-hydrogen) atoms. The maximum absolute atomic E-state index is 12.5. The Morgan fingerprint density at radius 3 is 2.53 bits per heavy atom. The van der Waals surface area contributed by atoms with Gasteiger partial charge in [0.15, 0.2) is 5.78 Å². The highest BCUT2D eigenvalue weighted by atomic mass is 16.1. The lowest BCUT2D eigenvalue weighted by molar-refractivity contribution is 0.0926. The minimum absolute atomic E-state index is 0.0212. The van der Waals surface area contributed by atoms with Crippen LogP contribution in [0.1, 0.15) is 61.5 Å². The number of hydrogen-bond acceptors (Lipinski definition) is 2. The number of benzene rings is 1. The molecule has 0 bridgehead atoms. The first-order valence-corrected chi connectivity index (χ1v) is 7.28. The fraction of sp³-hybridized carbons (Fsp3) is 0.588. The van der Waals surface area contributed by atoms with Crippen LogP contribution in [-0.4, -0.2) is 18.4 Å². The van der Waals surface area contributed by atoms with Crippen LogP contribution in [0.25, 0.3) is 0 Å². The minimum Gasteiger partial charge on any atom is -0.307 e. The van der Waals surface area contributed by atoms with Gasteiger partial charge in [-0.2, -0.15) is 0 Å². The number of nitrogens with one attached hydrogen (secondary N) is 1. The molecule has 1 aromatic carbocycles. The molecule has 1 unspecified atom stereocenters. The van der Waals surface area contributed by atoms with Gasteiger partial charge in [0.25, 0.3) is 0 Å². The highest BCUT2D eigenvalue weighted by molar-refractivity contribution is 6.01. The average Bonchev–Trinajstić information content (AvgIpc) is 2.38. The van der Waals surface area contributed by atoms with Crippen LogP contribution in [0.4, 0.5) is 0 Å². The van der Waals surface area contributed by atoms with Crippen LogP contribution < -0.4 is 5.32 Å². The molecular formula is C17H25NO. The molecule has 2 nitrogen and oxygen atoms in total. The van der Waals surface area contributed by atoms with Gasteiger partial charge in [-0.25, -0.2) is 0 Å². The van der Waals surface area contributed by atoms with Gasteiger partial charge in [-0.3, -0.25) is 4.79 Å². The van der Waals surface area contributed by atoms with Gasteiger partial charge in [-0.1, -0.05) is 45.4 Å². The van der Waals surface area contributed by atoms with Crippen molar-refractivity contribution in [2.45, 2.75) is 58.4 Å². The number of carbonyl (C=O) groups is 1. The number of rotatable bonds is 2. The monoisotopic (exact) mass is 259 g/mol. The minimum atomic E-state index is 0.0212. The van der Waals surface area contributed by atoms with E-state index in [0.717, 1.165) is 30.5 Å². The molecule has 2 heteroatoms. The van der Waals surface area contributed by atoms with Gasteiger partial charge in [0.2, 0.25) is 0 Å². The van der Waals surface area contributed by atoms with Gasteiger partial charge in [-0.15, -0.1) is 0 Å². The summed E-state index contributed by atoms with van der Waals surface area (Å²) in [6.45, 7) is 9.62. The quantitative estimate of drug-likeness (QED) is 0.822. The molecule has 0 aliphatic carbocycles. The molecular weight excluding hydrogens is 234 g/mol. The molecule has 1 aromatic rings. The van der Waals surface area contributed by atoms with Gasteiger partial charge < -0.3 is 5.32 Å². The van der Waals surface area contributed by atoms with Crippen LogP contribution in [-0.2, 0) is 5.41 Å². The molecule has 104 valence electrons. The van der Waals surface area contributed by atoms with Crippen molar-refractivity contribution in [1.82, 2.24) is 5.32 Å². The van der Waals surface area contributed by atoms with Crippen LogP contribution in [0.5, 0.6) is 0 Å². The van der Waals surface area contributed by atoms with E-state index in [1.807, 2.05) is 13.0 Å². The van der Waals surface area contributed by atoms with Crippen molar-refractivity contribution in [3.8, 4) is 0 Å². The van der Waals surface area contributed by atoms with Crippen LogP contribution in [0, 0.1) is 6.92 Å². The maximum Gasteiger partial charge on any atom is 0.179 e. The number of ketones is 1. The molecule has 0 amide bonds. The second kappa shape index (κ2) is 5.46. The Bertz CT molecular complexity index is 465. The van der Waals surface area contributed by atoms with Crippen molar-refractivity contribution in [1.29, 1.82) is 0 Å². The third-order valence-corrected chi connectivity index (χ3v) is 3.98. The lowest BCUT2D eigenvalue weighted by Gasteiger charge is -2.24. The predicted molar refractivity (Wildman–Crippen MR) is 79.9 cm³/mol. The third-order valence-electron chi connectivity index (χ3n) is 3.98. The van der Waals surface area contributed by atoms with Crippen molar-refractivity contribution in [2.75, 3.05) is 6.54 Å². The summed E-state index contributed by atoms with van der Waals surface area (Å²) in [7, 11) is 0. The highest BCUT2D eigenvalue weighted by Crippen LogP contribution is 2.25. The van der Waals surface area contributed by atoms with Crippen molar-refractivity contribution in [2.24, 2.45) is 0 Å². The normalized spacial score (nSPS) is 20.3. The van der Waals surface area contributed by atoms with Crippen LogP contribution in [0.2, 0.25) is 0 Å². The lowest BCUT2D eigenvalue weighted by atomic mass is 9.84. The highest BCUT2D eigenvalue weighted by Gasteiger charge is 2.24. The Hall–Kier alpha value is -1.15. The smallest absolute Gasteiger partial charge is 0.179 e. The van der Waals surface area contributed by atoms with E-state index >= 15 is 0 Å². The molecule has 1 N–H and O–H groups in total. The van der Waals surface area contributed by atoms with E-state index in [-0.39, 0.29) is 17.2 Å². The summed E-state index contributed by atoms with van der Waals surface area (Å²) in [5.74, 6) is 0.262. The summed E-state index contributed by atoms with van der Waals surface area (Å²) in [6, 6.07) is 6.29. The first-order valence-electron chi connectivity index (χ1n) is 7.28. The zero-order chi connectivity index (χ0) is 14.0. The van der Waals surface area contributed by atoms with Crippen molar-refractivity contribution in [3.05, 3.63) is 34.9 Å². The number of hydrogen-bond donors (Lipinski definition) is 1. The van der Waals surface area contributed by atoms with Crippen LogP contribution in [0.3, 0.4) is 0 Å². The first-order chi connectivity index (χ1) is 8.89. The predicted octanol–water partition coefficient (Wildman–Crippen LogP) is 3.62. The lowest BCUT2D eigenvalue weighted by Crippen LogP contribution is -2.40. The molecule has 0 aromatic heterocycles. The summed E-state index contributed by atoms with van der Waals surface area (Å²) in [5, 5.41) is 3.34. The number of Topliss-reactive ketones (excluding diaryl/α,β-unsaturated/α-hetero) is 1. The van der Waals surface area contributed by atoms with Gasteiger partial charge in [-0.05, 0) is 42.9 Å². The summed E-state index contributed by atoms with van der Waals surface area (Å²) in [5.41, 5.74) is 3.41. The zero-order valence-electron chi connectivity index (χ0n) is 12.5. The van der Waals surface area contributed by atoms with E-state index in [1.54, 1.807) is 0 Å². The second-order valence-corrected chi connectivity index (χ2v) is 6.65. The van der Waals surface area contributed by atoms with Crippen LogP contribution in [0.15, 0.2) is 18.2 Å². The van der Waals surface area contributed by atoms with Crippen molar-refractivity contribution >= 4 is 5.78 Å². The molecule has 1 aliphatic heterocycles. The molecule has 1 aliphatic rings. The molecule has 2 rings (SSSR count). The van der Waals surface area contributed by atoms with E-state index in [0.29, 0.717) is 0 Å². The largest absolute Gasteiger partial charge is 0.307 e. The van der Waals surface area contributed by atoms with E-state index in [1.165, 1.54) is 12.0 Å². The van der Waals surface area contributed by atoms with E-state index in [2.05, 4.69) is 38.2 Å². The Labute approximate surface area is 116 Å². The molecule has 1 fully saturated rings. The summed E-state index contributed by atoms with van der Waals surface area (Å²) in [4.78, 5) is 12.5. The molecule has 0 radical (unpaired) electrons. The Morgan fingerprint density at radius 1 is 1.26 bits per heavy atom. The van der Waals surface area contributed by atoms with Gasteiger partial charge >= 0.3 is 0 Å². The fourth-order valence-corrected chi connectivity index (χ4v) is 2.67. The Morgan fingerprint density at radius 2 is 2.00 bits per heavy atom. The second-order valence-electron chi connectivity index (χ2n) is 6.65. The summed E-state index contributed by atoms with van der Waals surface area (Å²) >= 11 is 0. The van der Waals surface area contributed by atoms with Crippen molar-refractivity contribution in [3.63, 3.8) is 0 Å².